The number of thiophene rings is 1. The average molecular weight is 715 g/mol. The van der Waals surface area contributed by atoms with Crippen molar-refractivity contribution in [1.29, 1.82) is 0 Å². The van der Waals surface area contributed by atoms with E-state index in [-0.39, 0.29) is 37.1 Å². The molecule has 3 aromatic carbocycles. The van der Waals surface area contributed by atoms with E-state index in [9.17, 15) is 4.79 Å². The van der Waals surface area contributed by atoms with Crippen LogP contribution in [0.25, 0.3) is 42.9 Å². The van der Waals surface area contributed by atoms with Crippen molar-refractivity contribution in [3.8, 4) is 11.3 Å². The molecule has 0 spiro atoms. The minimum absolute atomic E-state index is 0. The van der Waals surface area contributed by atoms with Crippen LogP contribution in [-0.2, 0) is 30.3 Å². The van der Waals surface area contributed by atoms with Crippen LogP contribution in [0, 0.1) is 13.0 Å². The summed E-state index contributed by atoms with van der Waals surface area (Å²) in [6.07, 6.45) is 3.12. The van der Waals surface area contributed by atoms with Gasteiger partial charge in [-0.05, 0) is 80.5 Å². The van der Waals surface area contributed by atoms with Crippen LogP contribution < -0.4 is 0 Å². The van der Waals surface area contributed by atoms with E-state index in [0.29, 0.717) is 5.92 Å². The summed E-state index contributed by atoms with van der Waals surface area (Å²) in [7, 11) is 0. The molecule has 1 radical (unpaired) electrons. The first kappa shape index (κ1) is 30.7. The number of carbonyl (C=O) groups excluding carboxylic acids is 1. The van der Waals surface area contributed by atoms with Gasteiger partial charge < -0.3 is 10.1 Å². The van der Waals surface area contributed by atoms with Crippen LogP contribution in [0.5, 0.6) is 0 Å². The molecular formula is C34H36IrNO2S-. The number of fused-ring (bicyclic) bond motifs is 4. The van der Waals surface area contributed by atoms with Crippen molar-refractivity contribution in [2.75, 3.05) is 0 Å². The fraction of sp³-hybridized carbons (Fsp3) is 0.294. The Morgan fingerprint density at radius 1 is 0.974 bits per heavy atom. The summed E-state index contributed by atoms with van der Waals surface area (Å²) in [5, 5.41) is 14.8. The third-order valence-corrected chi connectivity index (χ3v) is 7.58. The molecule has 5 heteroatoms. The third-order valence-electron chi connectivity index (χ3n) is 6.62. The Bertz CT molecular complexity index is 1690. The number of hydrogen-bond acceptors (Lipinski definition) is 4. The second-order valence-corrected chi connectivity index (χ2v) is 12.5. The Morgan fingerprint density at radius 3 is 2.23 bits per heavy atom. The number of pyridine rings is 1. The summed E-state index contributed by atoms with van der Waals surface area (Å²) in [5.41, 5.74) is 4.92. The minimum atomic E-state index is -0.125. The number of aliphatic hydroxyl groups is 1. The van der Waals surface area contributed by atoms with E-state index in [0.717, 1.165) is 11.3 Å². The summed E-state index contributed by atoms with van der Waals surface area (Å²) < 4.78 is 1.22. The Kier molecular flexibility index (Phi) is 9.54. The fourth-order valence-electron chi connectivity index (χ4n) is 5.00. The Balaban J connectivity index is 0.000000468. The molecule has 0 saturated carbocycles. The first-order chi connectivity index (χ1) is 17.9. The van der Waals surface area contributed by atoms with Crippen LogP contribution in [0.15, 0.2) is 66.6 Å². The van der Waals surface area contributed by atoms with E-state index in [2.05, 4.69) is 96.1 Å². The van der Waals surface area contributed by atoms with Crippen molar-refractivity contribution in [1.82, 2.24) is 4.98 Å². The van der Waals surface area contributed by atoms with Gasteiger partial charge in [-0.3, -0.25) is 4.79 Å². The Morgan fingerprint density at radius 2 is 1.64 bits per heavy atom. The van der Waals surface area contributed by atoms with Crippen molar-refractivity contribution >= 4 is 48.8 Å². The number of allylic oxidation sites excluding steroid dienone is 2. The zero-order valence-corrected chi connectivity index (χ0v) is 27.1. The number of carbonyl (C=O) groups is 1. The maximum Gasteiger partial charge on any atom is 0.155 e. The smallest absolute Gasteiger partial charge is 0.155 e. The maximum atomic E-state index is 10.0. The molecule has 0 fully saturated rings. The maximum absolute atomic E-state index is 10.0. The van der Waals surface area contributed by atoms with Crippen LogP contribution >= 0.6 is 11.3 Å². The molecule has 1 N–H and O–H groups in total. The molecule has 0 bridgehead atoms. The first-order valence-electron chi connectivity index (χ1n) is 13.0. The third kappa shape index (κ3) is 6.66. The van der Waals surface area contributed by atoms with Gasteiger partial charge >= 0.3 is 0 Å². The number of benzene rings is 3. The van der Waals surface area contributed by atoms with Gasteiger partial charge in [0.15, 0.2) is 5.78 Å². The van der Waals surface area contributed by atoms with Crippen molar-refractivity contribution in [2.45, 2.75) is 66.7 Å². The Hall–Kier alpha value is -2.85. The molecule has 5 aromatic rings. The zero-order chi connectivity index (χ0) is 27.8. The summed E-state index contributed by atoms with van der Waals surface area (Å²) in [6, 6.07) is 21.7. The SMILES string of the molecule is CC(=O)/C=C(/C)O.Cc1cc2c(C(C)(C)C)cc(-c3nccc4c3ccc3c(C(C)C)cccc34)[c-]c2s1.[Ir]. The molecule has 39 heavy (non-hydrogen) atoms. The van der Waals surface area contributed by atoms with Gasteiger partial charge in [0.25, 0.3) is 0 Å². The molecule has 3 nitrogen and oxygen atoms in total. The predicted molar refractivity (Wildman–Crippen MR) is 163 cm³/mol. The summed E-state index contributed by atoms with van der Waals surface area (Å²) in [6.45, 7) is 16.4. The molecule has 2 heterocycles. The zero-order valence-electron chi connectivity index (χ0n) is 23.9. The van der Waals surface area contributed by atoms with Gasteiger partial charge in [0, 0.05) is 32.4 Å². The van der Waals surface area contributed by atoms with E-state index in [4.69, 9.17) is 10.1 Å². The largest absolute Gasteiger partial charge is 0.512 e. The first-order valence-corrected chi connectivity index (χ1v) is 13.8. The number of aromatic nitrogens is 1. The van der Waals surface area contributed by atoms with Gasteiger partial charge in [-0.1, -0.05) is 76.4 Å². The van der Waals surface area contributed by atoms with Crippen LogP contribution in [0.1, 0.15) is 70.4 Å². The van der Waals surface area contributed by atoms with E-state index in [1.165, 1.54) is 67.6 Å². The van der Waals surface area contributed by atoms with E-state index < -0.39 is 0 Å². The summed E-state index contributed by atoms with van der Waals surface area (Å²) >= 11 is 1.82. The molecule has 0 saturated heterocycles. The molecule has 0 aliphatic rings. The number of rotatable bonds is 3. The minimum Gasteiger partial charge on any atom is -0.512 e. The van der Waals surface area contributed by atoms with Crippen molar-refractivity contribution in [2.24, 2.45) is 0 Å². The monoisotopic (exact) mass is 715 g/mol. The molecule has 5 rings (SSSR count). The van der Waals surface area contributed by atoms with Crippen LogP contribution in [-0.4, -0.2) is 15.9 Å². The topological polar surface area (TPSA) is 50.2 Å². The van der Waals surface area contributed by atoms with Gasteiger partial charge in [-0.25, -0.2) is 0 Å². The molecule has 0 aliphatic carbocycles. The predicted octanol–water partition coefficient (Wildman–Crippen LogP) is 9.83. The number of ketones is 1. The number of nitrogens with zero attached hydrogens (tertiary/aromatic N) is 1. The van der Waals surface area contributed by atoms with E-state index in [1.807, 2.05) is 17.5 Å². The molecular weight excluding hydrogens is 679 g/mol. The second-order valence-electron chi connectivity index (χ2n) is 11.3. The fourth-order valence-corrected chi connectivity index (χ4v) is 5.93. The molecule has 0 atom stereocenters. The summed E-state index contributed by atoms with van der Waals surface area (Å²) in [5.74, 6) is 0.433. The molecule has 0 aliphatic heterocycles. The molecule has 0 amide bonds. The van der Waals surface area contributed by atoms with Gasteiger partial charge in [-0.2, -0.15) is 11.3 Å². The van der Waals surface area contributed by atoms with Crippen molar-refractivity contribution in [3.05, 3.63) is 88.6 Å². The van der Waals surface area contributed by atoms with Gasteiger partial charge in [0.05, 0.1) is 5.76 Å². The van der Waals surface area contributed by atoms with E-state index >= 15 is 0 Å². The van der Waals surface area contributed by atoms with Gasteiger partial charge in [0.2, 0.25) is 0 Å². The summed E-state index contributed by atoms with van der Waals surface area (Å²) in [4.78, 5) is 16.2. The normalized spacial score (nSPS) is 12.0. The van der Waals surface area contributed by atoms with Crippen LogP contribution in [0.4, 0.5) is 0 Å². The van der Waals surface area contributed by atoms with Crippen molar-refractivity contribution in [3.63, 3.8) is 0 Å². The average Bonchev–Trinajstić information content (AvgIpc) is 3.21. The number of aliphatic hydroxyl groups excluding tert-OH is 1. The molecule has 2 aromatic heterocycles. The second kappa shape index (κ2) is 12.1. The Labute approximate surface area is 249 Å². The molecule has 0 unspecified atom stereocenters. The number of aryl methyl sites for hydroxylation is 1. The van der Waals surface area contributed by atoms with Crippen LogP contribution in [0.2, 0.25) is 0 Å². The van der Waals surface area contributed by atoms with Crippen LogP contribution in [0.3, 0.4) is 0 Å². The van der Waals surface area contributed by atoms with E-state index in [1.54, 1.807) is 0 Å². The van der Waals surface area contributed by atoms with Gasteiger partial charge in [-0.15, -0.1) is 23.3 Å². The quantitative estimate of drug-likeness (QED) is 0.0877. The van der Waals surface area contributed by atoms with Gasteiger partial charge in [0.1, 0.15) is 0 Å². The van der Waals surface area contributed by atoms with Crippen molar-refractivity contribution < 1.29 is 30.0 Å². The number of hydrogen-bond donors (Lipinski definition) is 1. The standard InChI is InChI=1S/C29H28NS.C5H8O2.Ir/c1-17(2)20-8-7-9-21-22(20)10-11-24-23(21)12-13-30-28(24)19-15-26(29(4,5)6)25-14-18(3)31-27(25)16-19;1-4(6)3-5(2)7;/h7-15,17H,1-6H3;3,6H,1-2H3;/q-1;;/b;4-3-;. The molecule has 205 valence electrons.